The predicted molar refractivity (Wildman–Crippen MR) is 67.2 cm³/mol. The summed E-state index contributed by atoms with van der Waals surface area (Å²) in [6.07, 6.45) is 0. The highest BCUT2D eigenvalue weighted by Crippen LogP contribution is 2.11. The van der Waals surface area contributed by atoms with E-state index in [1.54, 1.807) is 0 Å². The molecule has 0 saturated carbocycles. The molecule has 0 aromatic heterocycles. The smallest absolute Gasteiger partial charge is 0.224 e. The zero-order valence-electron chi connectivity index (χ0n) is 9.27. The van der Waals surface area contributed by atoms with E-state index in [9.17, 15) is 12.8 Å². The zero-order chi connectivity index (χ0) is 12.9. The van der Waals surface area contributed by atoms with Gasteiger partial charge in [-0.2, -0.15) is 0 Å². The van der Waals surface area contributed by atoms with Crippen molar-refractivity contribution in [3.05, 3.63) is 30.1 Å². The summed E-state index contributed by atoms with van der Waals surface area (Å²) >= 11 is 2.90. The molecule has 0 spiro atoms. The summed E-state index contributed by atoms with van der Waals surface area (Å²) in [6, 6.07) is 5.56. The van der Waals surface area contributed by atoms with Gasteiger partial charge in [-0.25, -0.2) is 17.1 Å². The summed E-state index contributed by atoms with van der Waals surface area (Å²) in [6.45, 7) is 0.458. The molecule has 1 aromatic carbocycles. The number of alkyl halides is 1. The van der Waals surface area contributed by atoms with Crippen LogP contribution in [0, 0.1) is 5.82 Å². The highest BCUT2D eigenvalue weighted by Gasteiger charge is 2.15. The molecule has 0 aliphatic rings. The average Bonchev–Trinajstić information content (AvgIpc) is 2.31. The molecule has 0 N–H and O–H groups in total. The van der Waals surface area contributed by atoms with Gasteiger partial charge in [0.25, 0.3) is 0 Å². The largest absolute Gasteiger partial charge is 0.492 e. The maximum absolute atomic E-state index is 12.6. The number of sulfonamides is 1. The summed E-state index contributed by atoms with van der Waals surface area (Å²) in [7, 11) is -1.77. The lowest BCUT2D eigenvalue weighted by Gasteiger charge is -2.15. The summed E-state index contributed by atoms with van der Waals surface area (Å²) < 4.78 is 41.7. The van der Waals surface area contributed by atoms with Gasteiger partial charge in [0.1, 0.15) is 22.8 Å². The number of ether oxygens (including phenoxy) is 1. The van der Waals surface area contributed by atoms with Crippen LogP contribution in [0.15, 0.2) is 24.3 Å². The third-order valence-electron chi connectivity index (χ3n) is 2.10. The average molecular weight is 326 g/mol. The van der Waals surface area contributed by atoms with Gasteiger partial charge in [-0.3, -0.25) is 0 Å². The van der Waals surface area contributed by atoms with Crippen LogP contribution < -0.4 is 4.74 Å². The van der Waals surface area contributed by atoms with E-state index in [4.69, 9.17) is 4.74 Å². The Morgan fingerprint density at radius 3 is 2.47 bits per heavy atom. The molecule has 0 fully saturated rings. The Balaban J connectivity index is 2.41. The first-order valence-electron chi connectivity index (χ1n) is 4.84. The van der Waals surface area contributed by atoms with E-state index in [1.807, 2.05) is 0 Å². The summed E-state index contributed by atoms with van der Waals surface area (Å²) in [4.78, 5) is 0. The van der Waals surface area contributed by atoms with Crippen LogP contribution in [0.25, 0.3) is 0 Å². The Morgan fingerprint density at radius 1 is 1.35 bits per heavy atom. The summed E-state index contributed by atoms with van der Waals surface area (Å²) in [5, 5.41) is 0. The standard InChI is InChI=1S/C10H13BrFNO3S/c1-13(17(14,15)8-11)6-7-16-10-4-2-9(12)3-5-10/h2-5H,6-8H2,1H3. The van der Waals surface area contributed by atoms with Gasteiger partial charge in [-0.15, -0.1) is 0 Å². The predicted octanol–water partition coefficient (Wildman–Crippen LogP) is 1.82. The van der Waals surface area contributed by atoms with Crippen molar-refractivity contribution in [2.24, 2.45) is 0 Å². The van der Waals surface area contributed by atoms with E-state index in [-0.39, 0.29) is 23.6 Å². The Morgan fingerprint density at radius 2 is 1.94 bits per heavy atom. The van der Waals surface area contributed by atoms with Crippen molar-refractivity contribution in [1.29, 1.82) is 0 Å². The molecular weight excluding hydrogens is 313 g/mol. The minimum absolute atomic E-state index is 0.118. The van der Waals surface area contributed by atoms with Crippen LogP contribution in [0.5, 0.6) is 5.75 Å². The Bertz CT molecular complexity index is 449. The molecule has 1 aromatic rings. The van der Waals surface area contributed by atoms with Crippen molar-refractivity contribution in [2.45, 2.75) is 0 Å². The second-order valence-corrected chi connectivity index (χ2v) is 6.72. The minimum atomic E-state index is -3.25. The molecule has 0 bridgehead atoms. The molecule has 1 rings (SSSR count). The first-order valence-corrected chi connectivity index (χ1v) is 7.57. The van der Waals surface area contributed by atoms with Crippen LogP contribution >= 0.6 is 15.9 Å². The quantitative estimate of drug-likeness (QED) is 0.749. The van der Waals surface area contributed by atoms with Crippen molar-refractivity contribution in [2.75, 3.05) is 24.9 Å². The Labute approximate surface area is 109 Å². The van der Waals surface area contributed by atoms with Crippen molar-refractivity contribution >= 4 is 26.0 Å². The van der Waals surface area contributed by atoms with Gasteiger partial charge < -0.3 is 4.74 Å². The second kappa shape index (κ2) is 6.32. The maximum Gasteiger partial charge on any atom is 0.224 e. The lowest BCUT2D eigenvalue weighted by Crippen LogP contribution is -2.31. The van der Waals surface area contributed by atoms with Crippen LogP contribution in [0.3, 0.4) is 0 Å². The third-order valence-corrected chi connectivity index (χ3v) is 5.25. The molecule has 0 amide bonds. The Kier molecular flexibility index (Phi) is 5.35. The highest BCUT2D eigenvalue weighted by molar-refractivity contribution is 9.10. The van der Waals surface area contributed by atoms with E-state index < -0.39 is 10.0 Å². The fraction of sp³-hybridized carbons (Fsp3) is 0.400. The van der Waals surface area contributed by atoms with Crippen LogP contribution in [-0.2, 0) is 10.0 Å². The molecule has 0 unspecified atom stereocenters. The molecule has 17 heavy (non-hydrogen) atoms. The molecule has 0 radical (unpaired) electrons. The number of hydrogen-bond acceptors (Lipinski definition) is 3. The van der Waals surface area contributed by atoms with Gasteiger partial charge in [-0.1, -0.05) is 15.9 Å². The van der Waals surface area contributed by atoms with E-state index in [0.29, 0.717) is 5.75 Å². The number of hydrogen-bond donors (Lipinski definition) is 0. The zero-order valence-corrected chi connectivity index (χ0v) is 11.7. The fourth-order valence-electron chi connectivity index (χ4n) is 1.05. The molecule has 0 heterocycles. The monoisotopic (exact) mass is 325 g/mol. The van der Waals surface area contributed by atoms with Crippen LogP contribution in [0.2, 0.25) is 0 Å². The van der Waals surface area contributed by atoms with E-state index in [1.165, 1.54) is 35.6 Å². The number of rotatable bonds is 6. The topological polar surface area (TPSA) is 46.6 Å². The van der Waals surface area contributed by atoms with Crippen molar-refractivity contribution in [3.63, 3.8) is 0 Å². The number of benzene rings is 1. The Hall–Kier alpha value is -0.660. The van der Waals surface area contributed by atoms with Gasteiger partial charge in [0.05, 0.1) is 0 Å². The van der Waals surface area contributed by atoms with Gasteiger partial charge >= 0.3 is 0 Å². The summed E-state index contributed by atoms with van der Waals surface area (Å²) in [5.41, 5.74) is 0. The van der Waals surface area contributed by atoms with Crippen molar-refractivity contribution in [3.8, 4) is 5.75 Å². The molecule has 96 valence electrons. The molecular formula is C10H13BrFNO3S. The van der Waals surface area contributed by atoms with Gasteiger partial charge in [0, 0.05) is 13.6 Å². The molecule has 0 aliphatic heterocycles. The minimum Gasteiger partial charge on any atom is -0.492 e. The lowest BCUT2D eigenvalue weighted by molar-refractivity contribution is 0.287. The SMILES string of the molecule is CN(CCOc1ccc(F)cc1)S(=O)(=O)CBr. The summed E-state index contributed by atoms with van der Waals surface area (Å²) in [5.74, 6) is 0.173. The van der Waals surface area contributed by atoms with Gasteiger partial charge in [-0.05, 0) is 24.3 Å². The normalized spacial score (nSPS) is 11.8. The first kappa shape index (κ1) is 14.4. The number of nitrogens with zero attached hydrogens (tertiary/aromatic N) is 1. The molecule has 7 heteroatoms. The third kappa shape index (κ3) is 4.61. The van der Waals surface area contributed by atoms with Gasteiger partial charge in [0.15, 0.2) is 0 Å². The van der Waals surface area contributed by atoms with E-state index >= 15 is 0 Å². The fourth-order valence-corrected chi connectivity index (χ4v) is 2.61. The van der Waals surface area contributed by atoms with Gasteiger partial charge in [0.2, 0.25) is 10.0 Å². The van der Waals surface area contributed by atoms with Crippen molar-refractivity contribution < 1.29 is 17.5 Å². The molecule has 0 aliphatic carbocycles. The first-order chi connectivity index (χ1) is 7.95. The highest BCUT2D eigenvalue weighted by atomic mass is 79.9. The number of halogens is 2. The van der Waals surface area contributed by atoms with Crippen LogP contribution in [0.4, 0.5) is 4.39 Å². The molecule has 0 saturated heterocycles. The van der Waals surface area contributed by atoms with Crippen molar-refractivity contribution in [1.82, 2.24) is 4.31 Å². The van der Waals surface area contributed by atoms with Crippen LogP contribution in [-0.4, -0.2) is 37.6 Å². The van der Waals surface area contributed by atoms with E-state index in [2.05, 4.69) is 15.9 Å². The molecule has 4 nitrogen and oxygen atoms in total. The second-order valence-electron chi connectivity index (χ2n) is 3.34. The van der Waals surface area contributed by atoms with Crippen LogP contribution in [0.1, 0.15) is 0 Å². The maximum atomic E-state index is 12.6. The number of likely N-dealkylation sites (N-methyl/N-ethyl adjacent to an activating group) is 1. The van der Waals surface area contributed by atoms with E-state index in [0.717, 1.165) is 0 Å². The molecule has 0 atom stereocenters. The lowest BCUT2D eigenvalue weighted by atomic mass is 10.3.